The smallest absolute Gasteiger partial charge is 0.268 e. The molecule has 4 rings (SSSR count). The number of nitrogens with one attached hydrogen (secondary N) is 2. The van der Waals surface area contributed by atoms with Gasteiger partial charge in [-0.15, -0.1) is 24.5 Å². The van der Waals surface area contributed by atoms with Crippen LogP contribution in [0, 0.1) is 0 Å². The number of carbonyl (C=O) groups is 2. The molecule has 2 aromatic carbocycles. The van der Waals surface area contributed by atoms with Crippen LogP contribution in [0.1, 0.15) is 58.3 Å². The molecule has 246 valence electrons. The summed E-state index contributed by atoms with van der Waals surface area (Å²) in [6.45, 7) is 10.5. The zero-order chi connectivity index (χ0) is 33.1. The number of methoxy groups -OCH3 is 1. The van der Waals surface area contributed by atoms with E-state index in [1.807, 2.05) is 55.5 Å². The fourth-order valence-corrected chi connectivity index (χ4v) is 6.55. The highest BCUT2D eigenvalue weighted by molar-refractivity contribution is 7.12. The Morgan fingerprint density at radius 3 is 2.61 bits per heavy atom. The lowest BCUT2D eigenvalue weighted by Gasteiger charge is -2.31. The summed E-state index contributed by atoms with van der Waals surface area (Å²) < 4.78 is 17.1. The van der Waals surface area contributed by atoms with Crippen molar-refractivity contribution in [2.24, 2.45) is 0 Å². The van der Waals surface area contributed by atoms with E-state index in [1.165, 1.54) is 16.2 Å². The highest BCUT2D eigenvalue weighted by Crippen LogP contribution is 2.42. The van der Waals surface area contributed by atoms with Crippen molar-refractivity contribution in [1.29, 1.82) is 0 Å². The van der Waals surface area contributed by atoms with E-state index in [-0.39, 0.29) is 36.9 Å². The lowest BCUT2D eigenvalue weighted by atomic mass is 9.99. The molecule has 0 aliphatic heterocycles. The van der Waals surface area contributed by atoms with Crippen molar-refractivity contribution in [3.8, 4) is 11.5 Å². The van der Waals surface area contributed by atoms with Gasteiger partial charge in [0.1, 0.15) is 22.4 Å². The number of rotatable bonds is 18. The van der Waals surface area contributed by atoms with Crippen LogP contribution in [-0.4, -0.2) is 73.9 Å². The van der Waals surface area contributed by atoms with E-state index in [4.69, 9.17) is 14.2 Å². The van der Waals surface area contributed by atoms with Gasteiger partial charge >= 0.3 is 0 Å². The van der Waals surface area contributed by atoms with Crippen molar-refractivity contribution in [2.45, 2.75) is 56.5 Å². The van der Waals surface area contributed by atoms with Gasteiger partial charge in [0.2, 0.25) is 5.91 Å². The Morgan fingerprint density at radius 2 is 1.91 bits per heavy atom. The van der Waals surface area contributed by atoms with Gasteiger partial charge in [-0.3, -0.25) is 9.59 Å². The van der Waals surface area contributed by atoms with Gasteiger partial charge in [-0.2, -0.15) is 0 Å². The first-order chi connectivity index (χ1) is 22.3. The summed E-state index contributed by atoms with van der Waals surface area (Å²) in [7, 11) is 3.24. The van der Waals surface area contributed by atoms with Gasteiger partial charge in [-0.25, -0.2) is 0 Å². The van der Waals surface area contributed by atoms with Crippen LogP contribution in [0.5, 0.6) is 11.5 Å². The Labute approximate surface area is 275 Å². The summed E-state index contributed by atoms with van der Waals surface area (Å²) in [5.74, 6) is 0.547. The predicted octanol–water partition coefficient (Wildman–Crippen LogP) is 5.24. The van der Waals surface area contributed by atoms with Crippen LogP contribution in [0.4, 0.5) is 0 Å². The molecule has 46 heavy (non-hydrogen) atoms. The standard InChI is InChI=1S/C36H45N3O6S/c1-6-12-30(39(4)36(42)34-32(44-8-3)17-19-46-34)35(41)38-29(20-24-13-10-9-11-14-24)31(40)23-37-28-22-33(45-18-7-2)26-16-15-25(43-5)21-27(26)28/h6-7,9-11,13-17,19,21,28-31,33,37,40H,1-2,8,12,18,20,22-23H2,3-5H3,(H,38,41)/t28-,29-,30-,31+,33+/m0/s1. The quantitative estimate of drug-likeness (QED) is 0.162. The molecule has 1 aromatic heterocycles. The molecule has 2 amide bonds. The third kappa shape index (κ3) is 8.64. The van der Waals surface area contributed by atoms with E-state index in [9.17, 15) is 14.7 Å². The van der Waals surface area contributed by atoms with Crippen LogP contribution in [0.3, 0.4) is 0 Å². The van der Waals surface area contributed by atoms with Crippen molar-refractivity contribution in [3.05, 3.63) is 107 Å². The number of nitrogens with zero attached hydrogens (tertiary/aromatic N) is 1. The SMILES string of the molecule is C=CCO[C@@H]1C[C@H](NC[C@@H](O)[C@H](Cc2ccccc2)NC(=O)[C@H](CC=C)N(C)C(=O)c2sccc2OCC)c2cc(OC)ccc21. The summed E-state index contributed by atoms with van der Waals surface area (Å²) in [6.07, 6.45) is 3.60. The van der Waals surface area contributed by atoms with E-state index in [2.05, 4.69) is 23.8 Å². The maximum atomic E-state index is 13.9. The van der Waals surface area contributed by atoms with Gasteiger partial charge in [0.25, 0.3) is 5.91 Å². The first-order valence-corrected chi connectivity index (χ1v) is 16.4. The first-order valence-electron chi connectivity index (χ1n) is 15.6. The normalized spacial score (nSPS) is 17.3. The van der Waals surface area contributed by atoms with E-state index in [0.717, 1.165) is 22.4 Å². The van der Waals surface area contributed by atoms with Crippen LogP contribution in [0.2, 0.25) is 0 Å². The van der Waals surface area contributed by atoms with Crippen LogP contribution in [0.15, 0.2) is 85.3 Å². The third-order valence-corrected chi connectivity index (χ3v) is 9.03. The molecular formula is C36H45N3O6S. The fraction of sp³-hybridized carbons (Fsp3) is 0.389. The second kappa shape index (κ2) is 17.1. The van der Waals surface area contributed by atoms with Crippen molar-refractivity contribution < 1.29 is 28.9 Å². The molecule has 5 atom stereocenters. The summed E-state index contributed by atoms with van der Waals surface area (Å²) in [4.78, 5) is 29.2. The average molecular weight is 648 g/mol. The fourth-order valence-electron chi connectivity index (χ4n) is 5.74. The number of likely N-dealkylation sites (N-methyl/N-ethyl adjacent to an activating group) is 1. The molecule has 0 bridgehead atoms. The number of ether oxygens (including phenoxy) is 3. The Morgan fingerprint density at radius 1 is 1.13 bits per heavy atom. The van der Waals surface area contributed by atoms with Gasteiger partial charge in [-0.1, -0.05) is 48.6 Å². The molecule has 0 radical (unpaired) electrons. The average Bonchev–Trinajstić information content (AvgIpc) is 3.68. The molecule has 1 aliphatic carbocycles. The van der Waals surface area contributed by atoms with E-state index >= 15 is 0 Å². The summed E-state index contributed by atoms with van der Waals surface area (Å²) in [6, 6.07) is 15.8. The number of carbonyl (C=O) groups excluding carboxylic acids is 2. The minimum atomic E-state index is -0.946. The van der Waals surface area contributed by atoms with Crippen molar-refractivity contribution in [1.82, 2.24) is 15.5 Å². The minimum Gasteiger partial charge on any atom is -0.497 e. The Bertz CT molecular complexity index is 1460. The number of benzene rings is 2. The number of hydrogen-bond donors (Lipinski definition) is 3. The molecule has 0 saturated carbocycles. The molecular weight excluding hydrogens is 602 g/mol. The lowest BCUT2D eigenvalue weighted by Crippen LogP contribution is -2.55. The molecule has 3 aromatic rings. The van der Waals surface area contributed by atoms with Crippen LogP contribution in [0.25, 0.3) is 0 Å². The largest absolute Gasteiger partial charge is 0.497 e. The number of thiophene rings is 1. The molecule has 0 spiro atoms. The van der Waals surface area contributed by atoms with E-state index in [1.54, 1.807) is 37.8 Å². The number of aliphatic hydroxyl groups is 1. The monoisotopic (exact) mass is 647 g/mol. The van der Waals surface area contributed by atoms with Crippen LogP contribution < -0.4 is 20.1 Å². The van der Waals surface area contributed by atoms with E-state index < -0.39 is 18.2 Å². The maximum absolute atomic E-state index is 13.9. The number of aliphatic hydroxyl groups excluding tert-OH is 1. The Kier molecular flexibility index (Phi) is 13.0. The summed E-state index contributed by atoms with van der Waals surface area (Å²) in [5.41, 5.74) is 3.09. The highest BCUT2D eigenvalue weighted by atomic mass is 32.1. The first kappa shape index (κ1) is 34.9. The molecule has 1 aliphatic rings. The minimum absolute atomic E-state index is 0.0924. The summed E-state index contributed by atoms with van der Waals surface area (Å²) >= 11 is 1.27. The molecule has 9 nitrogen and oxygen atoms in total. The van der Waals surface area contributed by atoms with E-state index in [0.29, 0.717) is 36.7 Å². The van der Waals surface area contributed by atoms with Gasteiger partial charge in [0, 0.05) is 19.6 Å². The Hall–Kier alpha value is -3.96. The van der Waals surface area contributed by atoms with Gasteiger partial charge in [0.15, 0.2) is 0 Å². The predicted molar refractivity (Wildman–Crippen MR) is 182 cm³/mol. The number of hydrogen-bond acceptors (Lipinski definition) is 8. The second-order valence-electron chi connectivity index (χ2n) is 11.2. The van der Waals surface area contributed by atoms with Crippen molar-refractivity contribution in [2.75, 3.05) is 33.9 Å². The van der Waals surface area contributed by atoms with Gasteiger partial charge in [0.05, 0.1) is 38.6 Å². The molecule has 0 saturated heterocycles. The van der Waals surface area contributed by atoms with Crippen molar-refractivity contribution in [3.63, 3.8) is 0 Å². The third-order valence-electron chi connectivity index (χ3n) is 8.15. The zero-order valence-corrected chi connectivity index (χ0v) is 27.6. The molecule has 0 unspecified atom stereocenters. The summed E-state index contributed by atoms with van der Waals surface area (Å²) in [5, 5.41) is 19.9. The second-order valence-corrected chi connectivity index (χ2v) is 12.1. The maximum Gasteiger partial charge on any atom is 0.268 e. The van der Waals surface area contributed by atoms with Gasteiger partial charge < -0.3 is 34.9 Å². The number of amides is 2. The highest BCUT2D eigenvalue weighted by Gasteiger charge is 2.34. The van der Waals surface area contributed by atoms with Crippen LogP contribution in [-0.2, 0) is 16.0 Å². The molecule has 1 heterocycles. The van der Waals surface area contributed by atoms with Crippen LogP contribution >= 0.6 is 11.3 Å². The molecule has 3 N–H and O–H groups in total. The Balaban J connectivity index is 1.51. The van der Waals surface area contributed by atoms with Crippen molar-refractivity contribution >= 4 is 23.2 Å². The van der Waals surface area contributed by atoms with Gasteiger partial charge in [-0.05, 0) is 66.5 Å². The number of fused-ring (bicyclic) bond motifs is 1. The zero-order valence-electron chi connectivity index (χ0n) is 26.8. The lowest BCUT2D eigenvalue weighted by molar-refractivity contribution is -0.126. The topological polar surface area (TPSA) is 109 Å². The molecule has 0 fully saturated rings. The molecule has 10 heteroatoms.